The molecule has 0 spiro atoms. The van der Waals surface area contributed by atoms with Crippen molar-refractivity contribution in [2.75, 3.05) is 12.3 Å². The molecule has 2 amide bonds. The first-order valence-electron chi connectivity index (χ1n) is 10.3. The summed E-state index contributed by atoms with van der Waals surface area (Å²) in [4.78, 5) is 27.6. The summed E-state index contributed by atoms with van der Waals surface area (Å²) in [6, 6.07) is 9.96. The van der Waals surface area contributed by atoms with Gasteiger partial charge in [0.15, 0.2) is 0 Å². The first-order chi connectivity index (χ1) is 15.3. The Morgan fingerprint density at radius 1 is 1.00 bits per heavy atom. The Morgan fingerprint density at radius 3 is 2.38 bits per heavy atom. The smallest absolute Gasteiger partial charge is 0.242 e. The molecule has 9 heteroatoms. The van der Waals surface area contributed by atoms with Gasteiger partial charge < -0.3 is 10.2 Å². The van der Waals surface area contributed by atoms with Crippen molar-refractivity contribution in [3.63, 3.8) is 0 Å². The van der Waals surface area contributed by atoms with Crippen LogP contribution in [0.15, 0.2) is 36.4 Å². The van der Waals surface area contributed by atoms with Crippen molar-refractivity contribution in [3.8, 4) is 0 Å². The zero-order valence-electron chi connectivity index (χ0n) is 18.0. The van der Waals surface area contributed by atoms with Crippen molar-refractivity contribution in [2.24, 2.45) is 0 Å². The van der Waals surface area contributed by atoms with Crippen LogP contribution in [-0.2, 0) is 21.9 Å². The lowest BCUT2D eigenvalue weighted by molar-refractivity contribution is -0.139. The fraction of sp³-hybridized carbons (Fsp3) is 0.391. The average Bonchev–Trinajstić information content (AvgIpc) is 2.75. The first kappa shape index (κ1) is 27.1. The molecule has 0 aliphatic carbocycles. The van der Waals surface area contributed by atoms with Gasteiger partial charge in [-0.3, -0.25) is 9.59 Å². The van der Waals surface area contributed by atoms with Crippen LogP contribution in [0.5, 0.6) is 0 Å². The van der Waals surface area contributed by atoms with E-state index in [1.165, 1.54) is 11.8 Å². The van der Waals surface area contributed by atoms with Gasteiger partial charge in [0.05, 0.1) is 15.8 Å². The van der Waals surface area contributed by atoms with Gasteiger partial charge in [0, 0.05) is 28.9 Å². The van der Waals surface area contributed by atoms with Crippen LogP contribution in [0.25, 0.3) is 0 Å². The molecule has 0 radical (unpaired) electrons. The lowest BCUT2D eigenvalue weighted by atomic mass is 10.1. The van der Waals surface area contributed by atoms with Crippen LogP contribution in [0.1, 0.15) is 37.8 Å². The van der Waals surface area contributed by atoms with Crippen molar-refractivity contribution in [1.82, 2.24) is 10.2 Å². The van der Waals surface area contributed by atoms with Crippen molar-refractivity contribution >= 4 is 70.0 Å². The van der Waals surface area contributed by atoms with E-state index in [0.717, 1.165) is 17.5 Å². The number of carbonyl (C=O) groups is 2. The summed E-state index contributed by atoms with van der Waals surface area (Å²) < 4.78 is 0. The molecule has 2 aromatic rings. The van der Waals surface area contributed by atoms with Crippen molar-refractivity contribution in [2.45, 2.75) is 45.0 Å². The van der Waals surface area contributed by atoms with Gasteiger partial charge in [-0.2, -0.15) is 0 Å². The van der Waals surface area contributed by atoms with Crippen LogP contribution in [0, 0.1) is 0 Å². The Labute approximate surface area is 213 Å². The number of carbonyl (C=O) groups excluding carboxylic acids is 2. The van der Waals surface area contributed by atoms with Gasteiger partial charge >= 0.3 is 0 Å². The first-order valence-corrected chi connectivity index (χ1v) is 13.0. The van der Waals surface area contributed by atoms with Gasteiger partial charge in [-0.05, 0) is 48.2 Å². The molecule has 1 N–H and O–H groups in total. The van der Waals surface area contributed by atoms with Gasteiger partial charge in [-0.15, -0.1) is 11.8 Å². The fourth-order valence-corrected chi connectivity index (χ4v) is 4.73. The molecular weight excluding hydrogens is 510 g/mol. The minimum atomic E-state index is -0.591. The molecule has 4 nitrogen and oxygen atoms in total. The van der Waals surface area contributed by atoms with Crippen LogP contribution in [0.3, 0.4) is 0 Å². The second-order valence-electron chi connectivity index (χ2n) is 7.21. The monoisotopic (exact) mass is 534 g/mol. The topological polar surface area (TPSA) is 49.4 Å². The molecule has 1 atom stereocenters. The Morgan fingerprint density at radius 2 is 1.75 bits per heavy atom. The molecule has 0 aliphatic rings. The maximum absolute atomic E-state index is 13.2. The molecule has 0 fully saturated rings. The molecule has 0 heterocycles. The van der Waals surface area contributed by atoms with E-state index in [0.29, 0.717) is 38.8 Å². The van der Waals surface area contributed by atoms with Crippen LogP contribution in [0.2, 0.25) is 20.1 Å². The molecule has 174 valence electrons. The standard InChI is InChI=1S/C23H26Cl4N2O2S/c1-3-9-28-23(31)21(4-2)29(12-16-6-7-17(24)11-19(16)26)22(30)14-32-13-15-5-8-18(25)20(27)10-15/h5-8,10-11,21H,3-4,9,12-14H2,1-2H3,(H,28,31). The summed E-state index contributed by atoms with van der Waals surface area (Å²) in [5.41, 5.74) is 1.71. The van der Waals surface area contributed by atoms with Crippen LogP contribution >= 0.6 is 58.2 Å². The number of benzene rings is 2. The number of nitrogens with one attached hydrogen (secondary N) is 1. The number of thioether (sulfide) groups is 1. The van der Waals surface area contributed by atoms with Gasteiger partial charge in [0.2, 0.25) is 11.8 Å². The zero-order chi connectivity index (χ0) is 23.7. The number of nitrogens with zero attached hydrogens (tertiary/aromatic N) is 1. The number of hydrogen-bond donors (Lipinski definition) is 1. The Balaban J connectivity index is 2.16. The summed E-state index contributed by atoms with van der Waals surface area (Å²) in [7, 11) is 0. The second-order valence-corrected chi connectivity index (χ2v) is 9.86. The summed E-state index contributed by atoms with van der Waals surface area (Å²) in [6.45, 7) is 4.66. The average molecular weight is 536 g/mol. The lowest BCUT2D eigenvalue weighted by Gasteiger charge is -2.31. The highest BCUT2D eigenvalue weighted by atomic mass is 35.5. The van der Waals surface area contributed by atoms with Crippen LogP contribution < -0.4 is 5.32 Å². The largest absolute Gasteiger partial charge is 0.354 e. The second kappa shape index (κ2) is 13.6. The van der Waals surface area contributed by atoms with E-state index in [9.17, 15) is 9.59 Å². The lowest BCUT2D eigenvalue weighted by Crippen LogP contribution is -2.49. The molecule has 0 saturated heterocycles. The van der Waals surface area contributed by atoms with Gasteiger partial charge in [0.1, 0.15) is 6.04 Å². The van der Waals surface area contributed by atoms with Gasteiger partial charge in [0.25, 0.3) is 0 Å². The molecule has 2 rings (SSSR count). The van der Waals surface area contributed by atoms with E-state index >= 15 is 0 Å². The van der Waals surface area contributed by atoms with Gasteiger partial charge in [-0.1, -0.05) is 72.4 Å². The van der Waals surface area contributed by atoms with E-state index in [1.54, 1.807) is 35.2 Å². The third-order valence-corrected chi connectivity index (χ3v) is 7.08. The maximum atomic E-state index is 13.2. The number of hydrogen-bond acceptors (Lipinski definition) is 3. The Kier molecular flexibility index (Phi) is 11.5. The minimum Gasteiger partial charge on any atom is -0.354 e. The highest BCUT2D eigenvalue weighted by Crippen LogP contribution is 2.26. The fourth-order valence-electron chi connectivity index (χ4n) is 3.09. The normalized spacial score (nSPS) is 11.8. The van der Waals surface area contributed by atoms with Crippen LogP contribution in [0.4, 0.5) is 0 Å². The molecule has 0 aliphatic heterocycles. The predicted molar refractivity (Wildman–Crippen MR) is 137 cm³/mol. The van der Waals surface area contributed by atoms with Crippen molar-refractivity contribution < 1.29 is 9.59 Å². The quantitative estimate of drug-likeness (QED) is 0.341. The zero-order valence-corrected chi connectivity index (χ0v) is 21.8. The molecule has 1 unspecified atom stereocenters. The van der Waals surface area contributed by atoms with Gasteiger partial charge in [-0.25, -0.2) is 0 Å². The molecule has 32 heavy (non-hydrogen) atoms. The maximum Gasteiger partial charge on any atom is 0.242 e. The molecule has 0 bridgehead atoms. The number of rotatable bonds is 11. The molecule has 0 aromatic heterocycles. The third kappa shape index (κ3) is 8.03. The highest BCUT2D eigenvalue weighted by molar-refractivity contribution is 7.99. The summed E-state index contributed by atoms with van der Waals surface area (Å²) >= 11 is 25.9. The SMILES string of the molecule is CCCNC(=O)C(CC)N(Cc1ccc(Cl)cc1Cl)C(=O)CSCc1ccc(Cl)c(Cl)c1. The minimum absolute atomic E-state index is 0.139. The highest BCUT2D eigenvalue weighted by Gasteiger charge is 2.28. The van der Waals surface area contributed by atoms with Crippen molar-refractivity contribution in [3.05, 3.63) is 67.6 Å². The van der Waals surface area contributed by atoms with E-state index in [4.69, 9.17) is 46.4 Å². The van der Waals surface area contributed by atoms with Crippen LogP contribution in [-0.4, -0.2) is 35.1 Å². The Hall–Kier alpha value is -1.11. The van der Waals surface area contributed by atoms with E-state index in [1.807, 2.05) is 19.9 Å². The third-order valence-electron chi connectivity index (χ3n) is 4.77. The van der Waals surface area contributed by atoms with E-state index in [2.05, 4.69) is 5.32 Å². The molecule has 0 saturated carbocycles. The van der Waals surface area contributed by atoms with E-state index < -0.39 is 6.04 Å². The summed E-state index contributed by atoms with van der Waals surface area (Å²) in [5.74, 6) is 0.502. The Bertz CT molecular complexity index is 942. The summed E-state index contributed by atoms with van der Waals surface area (Å²) in [6.07, 6.45) is 1.31. The summed E-state index contributed by atoms with van der Waals surface area (Å²) in [5, 5.41) is 4.85. The molecular formula is C23H26Cl4N2O2S. The van der Waals surface area contributed by atoms with E-state index in [-0.39, 0.29) is 24.1 Å². The number of amides is 2. The predicted octanol–water partition coefficient (Wildman–Crippen LogP) is 6.87. The number of halogens is 4. The van der Waals surface area contributed by atoms with Crippen molar-refractivity contribution in [1.29, 1.82) is 0 Å². The molecule has 2 aromatic carbocycles.